The lowest BCUT2D eigenvalue weighted by Gasteiger charge is -2.01. The predicted octanol–water partition coefficient (Wildman–Crippen LogP) is 3.05. The Balaban J connectivity index is 0.000000151. The Kier molecular flexibility index (Phi) is 5.15. The molecule has 2 heterocycles. The second kappa shape index (κ2) is 7.68. The lowest BCUT2D eigenvalue weighted by molar-refractivity contribution is 1.20. The highest BCUT2D eigenvalue weighted by molar-refractivity contribution is 9.15. The van der Waals surface area contributed by atoms with Gasteiger partial charge in [0.2, 0.25) is 6.07 Å². The number of nitriles is 2. The minimum absolute atomic E-state index is 0.485. The van der Waals surface area contributed by atoms with Crippen LogP contribution in [0.5, 0.6) is 0 Å². The molecule has 0 atom stereocenters. The predicted molar refractivity (Wildman–Crippen MR) is 104 cm³/mol. The van der Waals surface area contributed by atoms with E-state index in [1.54, 1.807) is 18.5 Å². The quantitative estimate of drug-likeness (QED) is 0.544. The third-order valence-corrected chi connectivity index (χ3v) is 4.52. The highest BCUT2D eigenvalue weighted by Gasteiger charge is 2.13. The van der Waals surface area contributed by atoms with E-state index >= 15 is 0 Å². The average Bonchev–Trinajstić information content (AvgIpc) is 2.70. The van der Waals surface area contributed by atoms with Crippen molar-refractivity contribution in [3.8, 4) is 12.1 Å². The molecule has 0 aliphatic heterocycles. The van der Waals surface area contributed by atoms with E-state index in [9.17, 15) is 0 Å². The number of halogens is 1. The summed E-state index contributed by atoms with van der Waals surface area (Å²) in [7, 11) is 0. The first-order chi connectivity index (χ1) is 12.7. The number of aryl methyl sites for hydroxylation is 1. The van der Waals surface area contributed by atoms with Crippen molar-refractivity contribution in [2.45, 2.75) is 6.92 Å². The molecule has 4 rings (SSSR count). The zero-order valence-corrected chi connectivity index (χ0v) is 15.4. The molecule has 4 nitrogen and oxygen atoms in total. The molecule has 0 saturated heterocycles. The number of pyridine rings is 2. The van der Waals surface area contributed by atoms with E-state index in [-0.39, 0.29) is 0 Å². The number of hydrogen-bond acceptors (Lipinski definition) is 4. The Morgan fingerprint density at radius 2 is 1.77 bits per heavy atom. The van der Waals surface area contributed by atoms with E-state index in [2.05, 4.69) is 44.1 Å². The fourth-order valence-corrected chi connectivity index (χ4v) is 3.00. The fourth-order valence-electron chi connectivity index (χ4n) is 2.57. The van der Waals surface area contributed by atoms with Crippen molar-refractivity contribution in [3.63, 3.8) is 0 Å². The smallest absolute Gasteiger partial charge is 0.255 e. The van der Waals surface area contributed by atoms with E-state index in [4.69, 9.17) is 10.5 Å². The molecule has 0 N–H and O–H groups in total. The topological polar surface area (TPSA) is 73.4 Å². The summed E-state index contributed by atoms with van der Waals surface area (Å²) in [5.74, 6) is 0. The SMILES string of the molecule is Cc1ccc(C#N)c2ncccc12.N#CC1=c2ncccc2=C(Br)C=[C+]1. The summed E-state index contributed by atoms with van der Waals surface area (Å²) < 4.78 is 0.912. The highest BCUT2D eigenvalue weighted by atomic mass is 79.9. The van der Waals surface area contributed by atoms with Crippen molar-refractivity contribution in [2.75, 3.05) is 0 Å². The molecule has 1 aliphatic carbocycles. The minimum atomic E-state index is 0.485. The molecule has 0 radical (unpaired) electrons. The summed E-state index contributed by atoms with van der Waals surface area (Å²) in [5, 5.41) is 20.3. The monoisotopic (exact) mass is 399 g/mol. The van der Waals surface area contributed by atoms with E-state index < -0.39 is 0 Å². The molecule has 26 heavy (non-hydrogen) atoms. The number of rotatable bonds is 0. The van der Waals surface area contributed by atoms with Gasteiger partial charge < -0.3 is 0 Å². The summed E-state index contributed by atoms with van der Waals surface area (Å²) in [6, 6.07) is 15.6. The van der Waals surface area contributed by atoms with E-state index in [1.165, 1.54) is 0 Å². The van der Waals surface area contributed by atoms with Crippen LogP contribution >= 0.6 is 15.9 Å². The van der Waals surface area contributed by atoms with Crippen molar-refractivity contribution in [1.29, 1.82) is 10.5 Å². The van der Waals surface area contributed by atoms with Crippen molar-refractivity contribution in [2.24, 2.45) is 0 Å². The molecule has 0 saturated carbocycles. The van der Waals surface area contributed by atoms with Gasteiger partial charge in [-0.1, -0.05) is 12.1 Å². The fraction of sp³-hybridized carbons (Fsp3) is 0.0476. The molecule has 0 amide bonds. The van der Waals surface area contributed by atoms with Gasteiger partial charge in [-0.15, -0.1) is 5.26 Å². The van der Waals surface area contributed by atoms with Crippen LogP contribution in [0.2, 0.25) is 0 Å². The number of fused-ring (bicyclic) bond motifs is 2. The van der Waals surface area contributed by atoms with Gasteiger partial charge in [0.25, 0.3) is 5.57 Å². The van der Waals surface area contributed by atoms with Gasteiger partial charge in [0.1, 0.15) is 15.8 Å². The van der Waals surface area contributed by atoms with Gasteiger partial charge in [-0.05, 0) is 36.8 Å². The standard InChI is InChI=1S/C11H8N2.C10H4BrN2/c1-8-4-5-9(7-12)11-10(8)3-2-6-13-11;11-9-4-3-7(6-12)10-8(9)2-1-5-13-10/h2-6H,1H3;1-2,4-5H/q;+1. The zero-order chi connectivity index (χ0) is 18.5. The summed E-state index contributed by atoms with van der Waals surface area (Å²) in [6.07, 6.45) is 7.98. The Bertz CT molecular complexity index is 1230. The molecule has 5 heteroatoms. The second-order valence-electron chi connectivity index (χ2n) is 5.46. The molecule has 0 bridgehead atoms. The van der Waals surface area contributed by atoms with Gasteiger partial charge in [-0.2, -0.15) is 5.26 Å². The lowest BCUT2D eigenvalue weighted by atomic mass is 10.1. The van der Waals surface area contributed by atoms with Crippen LogP contribution in [0, 0.1) is 35.7 Å². The van der Waals surface area contributed by atoms with Gasteiger partial charge >= 0.3 is 0 Å². The molecule has 122 valence electrons. The van der Waals surface area contributed by atoms with Crippen LogP contribution in [0.25, 0.3) is 21.0 Å². The van der Waals surface area contributed by atoms with Crippen molar-refractivity contribution in [1.82, 2.24) is 9.97 Å². The summed E-state index contributed by atoms with van der Waals surface area (Å²) >= 11 is 3.38. The van der Waals surface area contributed by atoms with Gasteiger partial charge in [-0.3, -0.25) is 4.98 Å². The van der Waals surface area contributed by atoms with Crippen LogP contribution in [-0.4, -0.2) is 9.97 Å². The third-order valence-electron chi connectivity index (χ3n) is 3.86. The maximum atomic E-state index is 8.84. The van der Waals surface area contributed by atoms with Crippen LogP contribution in [0.3, 0.4) is 0 Å². The van der Waals surface area contributed by atoms with E-state index in [0.717, 1.165) is 26.2 Å². The maximum absolute atomic E-state index is 8.84. The highest BCUT2D eigenvalue weighted by Crippen LogP contribution is 2.19. The Labute approximate surface area is 159 Å². The van der Waals surface area contributed by atoms with Crippen LogP contribution < -0.4 is 10.6 Å². The van der Waals surface area contributed by atoms with Gasteiger partial charge in [0.15, 0.2) is 5.35 Å². The summed E-state index contributed by atoms with van der Waals surface area (Å²) in [4.78, 5) is 8.32. The average molecular weight is 400 g/mol. The zero-order valence-electron chi connectivity index (χ0n) is 13.9. The summed E-state index contributed by atoms with van der Waals surface area (Å²) in [6.45, 7) is 2.02. The molecule has 0 spiro atoms. The van der Waals surface area contributed by atoms with Crippen LogP contribution in [0.1, 0.15) is 11.1 Å². The minimum Gasteiger partial charge on any atom is -0.255 e. The van der Waals surface area contributed by atoms with E-state index in [0.29, 0.717) is 16.5 Å². The molecule has 3 aromatic rings. The third kappa shape index (κ3) is 3.36. The van der Waals surface area contributed by atoms with Crippen LogP contribution in [-0.2, 0) is 0 Å². The maximum Gasteiger partial charge on any atom is 0.262 e. The number of nitrogens with zero attached hydrogens (tertiary/aromatic N) is 4. The van der Waals surface area contributed by atoms with Crippen molar-refractivity contribution in [3.05, 3.63) is 82.6 Å². The number of benzene rings is 1. The number of hydrogen-bond donors (Lipinski definition) is 0. The first-order valence-electron chi connectivity index (χ1n) is 7.75. The largest absolute Gasteiger partial charge is 0.262 e. The Morgan fingerprint density at radius 1 is 1.00 bits per heavy atom. The second-order valence-corrected chi connectivity index (χ2v) is 6.32. The van der Waals surface area contributed by atoms with Gasteiger partial charge in [-0.25, -0.2) is 4.98 Å². The van der Waals surface area contributed by atoms with Gasteiger partial charge in [0, 0.05) is 39.8 Å². The molecular weight excluding hydrogens is 388 g/mol. The Morgan fingerprint density at radius 3 is 2.54 bits per heavy atom. The Hall–Kier alpha value is -3.37. The van der Waals surface area contributed by atoms with Gasteiger partial charge in [0.05, 0.1) is 17.2 Å². The first kappa shape index (κ1) is 17.5. The van der Waals surface area contributed by atoms with Crippen LogP contribution in [0.15, 0.2) is 54.9 Å². The molecular formula is C21H12BrN4+. The molecule has 1 aliphatic rings. The molecule has 0 fully saturated rings. The van der Waals surface area contributed by atoms with E-state index in [1.807, 2.05) is 43.3 Å². The lowest BCUT2D eigenvalue weighted by Crippen LogP contribution is -2.32. The molecule has 2 aromatic heterocycles. The first-order valence-corrected chi connectivity index (χ1v) is 8.54. The molecule has 1 aromatic carbocycles. The molecule has 0 unspecified atom stereocenters. The summed E-state index contributed by atoms with van der Waals surface area (Å²) in [5.41, 5.74) is 3.08. The van der Waals surface area contributed by atoms with Crippen LogP contribution in [0.4, 0.5) is 0 Å². The van der Waals surface area contributed by atoms with Crippen molar-refractivity contribution < 1.29 is 0 Å². The number of allylic oxidation sites excluding steroid dienone is 2. The number of aromatic nitrogens is 2. The van der Waals surface area contributed by atoms with Crippen molar-refractivity contribution >= 4 is 36.9 Å². The normalized spacial score (nSPS) is 11.5.